The summed E-state index contributed by atoms with van der Waals surface area (Å²) in [6.07, 6.45) is 2.14. The third-order valence-corrected chi connectivity index (χ3v) is 2.30. The van der Waals surface area contributed by atoms with Crippen molar-refractivity contribution < 1.29 is 13.5 Å². The van der Waals surface area contributed by atoms with Crippen molar-refractivity contribution in [2.24, 2.45) is 0 Å². The second-order valence-electron chi connectivity index (χ2n) is 3.30. The van der Waals surface area contributed by atoms with Gasteiger partial charge in [-0.25, -0.2) is 0 Å². The fourth-order valence-corrected chi connectivity index (χ4v) is 1.44. The standard InChI is InChI=1S/C11H14ClF2NO/c1-2-3-6-15-8-4-5-10(9(12)7-8)16-11(13)14/h4-5,7,11,15H,2-3,6H2,1H3. The van der Waals surface area contributed by atoms with Crippen LogP contribution in [-0.4, -0.2) is 13.2 Å². The zero-order valence-electron chi connectivity index (χ0n) is 8.97. The van der Waals surface area contributed by atoms with Gasteiger partial charge in [-0.15, -0.1) is 0 Å². The van der Waals surface area contributed by atoms with Crippen LogP contribution in [-0.2, 0) is 0 Å². The molecule has 0 fully saturated rings. The van der Waals surface area contributed by atoms with Crippen molar-refractivity contribution in [1.82, 2.24) is 0 Å². The van der Waals surface area contributed by atoms with Gasteiger partial charge in [-0.2, -0.15) is 8.78 Å². The van der Waals surface area contributed by atoms with Crippen molar-refractivity contribution in [2.75, 3.05) is 11.9 Å². The highest BCUT2D eigenvalue weighted by atomic mass is 35.5. The van der Waals surface area contributed by atoms with Gasteiger partial charge in [0.2, 0.25) is 0 Å². The average Bonchev–Trinajstić information content (AvgIpc) is 2.22. The smallest absolute Gasteiger partial charge is 0.387 e. The minimum Gasteiger partial charge on any atom is -0.433 e. The van der Waals surface area contributed by atoms with Crippen molar-refractivity contribution in [1.29, 1.82) is 0 Å². The van der Waals surface area contributed by atoms with Crippen molar-refractivity contribution in [3.8, 4) is 5.75 Å². The molecule has 0 bridgehead atoms. The van der Waals surface area contributed by atoms with Crippen molar-refractivity contribution in [2.45, 2.75) is 26.4 Å². The minimum atomic E-state index is -2.85. The summed E-state index contributed by atoms with van der Waals surface area (Å²) in [5.41, 5.74) is 0.806. The average molecular weight is 250 g/mol. The molecule has 90 valence electrons. The van der Waals surface area contributed by atoms with Crippen LogP contribution in [0, 0.1) is 0 Å². The topological polar surface area (TPSA) is 21.3 Å². The Balaban J connectivity index is 2.60. The van der Waals surface area contributed by atoms with Gasteiger partial charge in [0.15, 0.2) is 0 Å². The summed E-state index contributed by atoms with van der Waals surface area (Å²) >= 11 is 5.79. The van der Waals surface area contributed by atoms with E-state index in [9.17, 15) is 8.78 Å². The molecule has 0 radical (unpaired) electrons. The monoisotopic (exact) mass is 249 g/mol. The Morgan fingerprint density at radius 2 is 2.19 bits per heavy atom. The minimum absolute atomic E-state index is 0.00212. The second-order valence-corrected chi connectivity index (χ2v) is 3.71. The first kappa shape index (κ1) is 13.0. The maximum Gasteiger partial charge on any atom is 0.387 e. The largest absolute Gasteiger partial charge is 0.433 e. The van der Waals surface area contributed by atoms with E-state index in [0.29, 0.717) is 0 Å². The summed E-state index contributed by atoms with van der Waals surface area (Å²) < 4.78 is 28.1. The zero-order valence-corrected chi connectivity index (χ0v) is 9.73. The molecule has 5 heteroatoms. The number of anilines is 1. The molecule has 1 N–H and O–H groups in total. The van der Waals surface area contributed by atoms with Gasteiger partial charge in [-0.3, -0.25) is 0 Å². The molecule has 2 nitrogen and oxygen atoms in total. The SMILES string of the molecule is CCCCNc1ccc(OC(F)F)c(Cl)c1. The second kappa shape index (κ2) is 6.53. The number of benzene rings is 1. The fraction of sp³-hybridized carbons (Fsp3) is 0.455. The molecule has 1 aromatic carbocycles. The maximum atomic E-state index is 12.0. The summed E-state index contributed by atoms with van der Waals surface area (Å²) in [5.74, 6) is -0.00212. The predicted octanol–water partition coefficient (Wildman–Crippen LogP) is 4.15. The van der Waals surface area contributed by atoms with Crippen molar-refractivity contribution >= 4 is 17.3 Å². The Kier molecular flexibility index (Phi) is 5.32. The van der Waals surface area contributed by atoms with Gasteiger partial charge in [0.1, 0.15) is 5.75 Å². The van der Waals surface area contributed by atoms with Gasteiger partial charge >= 0.3 is 6.61 Å². The Morgan fingerprint density at radius 1 is 1.44 bits per heavy atom. The lowest BCUT2D eigenvalue weighted by Gasteiger charge is -2.09. The number of hydrogen-bond acceptors (Lipinski definition) is 2. The number of nitrogens with one attached hydrogen (secondary N) is 1. The van der Waals surface area contributed by atoms with E-state index in [1.54, 1.807) is 12.1 Å². The lowest BCUT2D eigenvalue weighted by Crippen LogP contribution is -2.04. The third-order valence-electron chi connectivity index (χ3n) is 2.01. The summed E-state index contributed by atoms with van der Waals surface area (Å²) in [4.78, 5) is 0. The van der Waals surface area contributed by atoms with E-state index in [2.05, 4.69) is 17.0 Å². The van der Waals surface area contributed by atoms with E-state index >= 15 is 0 Å². The highest BCUT2D eigenvalue weighted by Crippen LogP contribution is 2.28. The van der Waals surface area contributed by atoms with Gasteiger partial charge in [-0.05, 0) is 24.6 Å². The normalized spacial score (nSPS) is 10.6. The van der Waals surface area contributed by atoms with Gasteiger partial charge < -0.3 is 10.1 Å². The van der Waals surface area contributed by atoms with E-state index in [0.717, 1.165) is 25.1 Å². The Labute approximate surface area is 98.6 Å². The molecular weight excluding hydrogens is 236 g/mol. The summed E-state index contributed by atoms with van der Waals surface area (Å²) in [6.45, 7) is 0.0761. The van der Waals surface area contributed by atoms with E-state index in [4.69, 9.17) is 11.6 Å². The highest BCUT2D eigenvalue weighted by Gasteiger charge is 2.08. The molecule has 0 aliphatic heterocycles. The molecule has 0 unspecified atom stereocenters. The number of alkyl halides is 2. The zero-order chi connectivity index (χ0) is 12.0. The molecule has 1 aromatic rings. The summed E-state index contributed by atoms with van der Waals surface area (Å²) in [5, 5.41) is 3.32. The first-order chi connectivity index (χ1) is 7.63. The molecule has 0 aliphatic rings. The number of ether oxygens (including phenoxy) is 1. The van der Waals surface area contributed by atoms with Crippen LogP contribution >= 0.6 is 11.6 Å². The van der Waals surface area contributed by atoms with Crippen LogP contribution < -0.4 is 10.1 Å². The lowest BCUT2D eigenvalue weighted by atomic mass is 10.3. The Bertz CT molecular complexity index is 334. The van der Waals surface area contributed by atoms with Crippen LogP contribution in [0.2, 0.25) is 5.02 Å². The molecule has 1 rings (SSSR count). The van der Waals surface area contributed by atoms with Gasteiger partial charge in [0.05, 0.1) is 5.02 Å². The van der Waals surface area contributed by atoms with E-state index < -0.39 is 6.61 Å². The number of rotatable bonds is 6. The number of hydrogen-bond donors (Lipinski definition) is 1. The summed E-state index contributed by atoms with van der Waals surface area (Å²) in [7, 11) is 0. The van der Waals surface area contributed by atoms with Gasteiger partial charge in [0.25, 0.3) is 0 Å². The molecule has 0 amide bonds. The summed E-state index contributed by atoms with van der Waals surface area (Å²) in [6, 6.07) is 4.68. The number of unbranched alkanes of at least 4 members (excludes halogenated alkanes) is 1. The highest BCUT2D eigenvalue weighted by molar-refractivity contribution is 6.32. The molecule has 16 heavy (non-hydrogen) atoms. The van der Waals surface area contributed by atoms with Crippen LogP contribution in [0.3, 0.4) is 0 Å². The van der Waals surface area contributed by atoms with Crippen LogP contribution in [0.25, 0.3) is 0 Å². The molecule has 0 saturated carbocycles. The maximum absolute atomic E-state index is 12.0. The van der Waals surface area contributed by atoms with Crippen LogP contribution in [0.4, 0.5) is 14.5 Å². The fourth-order valence-electron chi connectivity index (χ4n) is 1.21. The molecule has 0 heterocycles. The Morgan fingerprint density at radius 3 is 2.75 bits per heavy atom. The van der Waals surface area contributed by atoms with Crippen LogP contribution in [0.5, 0.6) is 5.75 Å². The molecule has 0 aromatic heterocycles. The molecule has 0 spiro atoms. The van der Waals surface area contributed by atoms with Crippen LogP contribution in [0.15, 0.2) is 18.2 Å². The number of halogens is 3. The quantitative estimate of drug-likeness (QED) is 0.765. The van der Waals surface area contributed by atoms with Crippen molar-refractivity contribution in [3.05, 3.63) is 23.2 Å². The van der Waals surface area contributed by atoms with Gasteiger partial charge in [0, 0.05) is 12.2 Å². The third kappa shape index (κ3) is 4.23. The van der Waals surface area contributed by atoms with Gasteiger partial charge in [-0.1, -0.05) is 24.9 Å². The lowest BCUT2D eigenvalue weighted by molar-refractivity contribution is -0.0497. The predicted molar refractivity (Wildman–Crippen MR) is 61.5 cm³/mol. The van der Waals surface area contributed by atoms with E-state index in [1.165, 1.54) is 6.07 Å². The van der Waals surface area contributed by atoms with Crippen molar-refractivity contribution in [3.63, 3.8) is 0 Å². The first-order valence-corrected chi connectivity index (χ1v) is 5.49. The molecule has 0 saturated heterocycles. The Hall–Kier alpha value is -1.03. The van der Waals surface area contributed by atoms with Crippen LogP contribution in [0.1, 0.15) is 19.8 Å². The molecule has 0 atom stereocenters. The first-order valence-electron chi connectivity index (χ1n) is 5.11. The van der Waals surface area contributed by atoms with E-state index in [-0.39, 0.29) is 10.8 Å². The molecular formula is C11H14ClF2NO. The van der Waals surface area contributed by atoms with E-state index in [1.807, 2.05) is 0 Å². The molecule has 0 aliphatic carbocycles.